The van der Waals surface area contributed by atoms with E-state index in [0.717, 1.165) is 18.7 Å². The first kappa shape index (κ1) is 9.46. The maximum atomic E-state index is 5.69. The SMILES string of the molecule is CNC1CC(Oc2ccc(C)cn2)C1. The minimum absolute atomic E-state index is 0.350. The summed E-state index contributed by atoms with van der Waals surface area (Å²) in [5, 5.41) is 3.23. The van der Waals surface area contributed by atoms with Crippen LogP contribution in [0.5, 0.6) is 5.88 Å². The average Bonchev–Trinajstić information content (AvgIpc) is 2.13. The fraction of sp³-hybridized carbons (Fsp3) is 0.545. The summed E-state index contributed by atoms with van der Waals surface area (Å²) >= 11 is 0. The van der Waals surface area contributed by atoms with Gasteiger partial charge in [0.05, 0.1) is 0 Å². The molecule has 0 aliphatic heterocycles. The minimum Gasteiger partial charge on any atom is -0.474 e. The van der Waals surface area contributed by atoms with Gasteiger partial charge in [0.1, 0.15) is 6.10 Å². The predicted molar refractivity (Wildman–Crippen MR) is 55.5 cm³/mol. The quantitative estimate of drug-likeness (QED) is 0.788. The fourth-order valence-electron chi connectivity index (χ4n) is 1.59. The first-order valence-corrected chi connectivity index (χ1v) is 5.04. The molecule has 3 nitrogen and oxygen atoms in total. The lowest BCUT2D eigenvalue weighted by Crippen LogP contribution is -2.45. The second-order valence-electron chi connectivity index (χ2n) is 3.87. The summed E-state index contributed by atoms with van der Waals surface area (Å²) < 4.78 is 5.69. The van der Waals surface area contributed by atoms with E-state index in [1.54, 1.807) is 0 Å². The Kier molecular flexibility index (Phi) is 2.68. The number of aromatic nitrogens is 1. The summed E-state index contributed by atoms with van der Waals surface area (Å²) in [7, 11) is 1.99. The summed E-state index contributed by atoms with van der Waals surface area (Å²) in [6.07, 6.45) is 4.37. The first-order valence-electron chi connectivity index (χ1n) is 5.04. The number of rotatable bonds is 3. The van der Waals surface area contributed by atoms with Crippen LogP contribution in [-0.4, -0.2) is 24.2 Å². The second kappa shape index (κ2) is 3.96. The molecule has 3 heteroatoms. The van der Waals surface area contributed by atoms with E-state index in [-0.39, 0.29) is 0 Å². The molecule has 0 amide bonds. The number of hydrogen-bond acceptors (Lipinski definition) is 3. The zero-order valence-electron chi connectivity index (χ0n) is 8.66. The minimum atomic E-state index is 0.350. The zero-order chi connectivity index (χ0) is 9.97. The van der Waals surface area contributed by atoms with Crippen molar-refractivity contribution in [3.05, 3.63) is 23.9 Å². The maximum Gasteiger partial charge on any atom is 0.213 e. The van der Waals surface area contributed by atoms with Crippen LogP contribution in [-0.2, 0) is 0 Å². The van der Waals surface area contributed by atoms with E-state index in [1.807, 2.05) is 32.3 Å². The van der Waals surface area contributed by atoms with Crippen LogP contribution in [0.2, 0.25) is 0 Å². The standard InChI is InChI=1S/C11H16N2O/c1-8-3-4-11(13-7-8)14-10-5-9(6-10)12-2/h3-4,7,9-10,12H,5-6H2,1-2H3. The molecule has 1 fully saturated rings. The second-order valence-corrected chi connectivity index (χ2v) is 3.87. The summed E-state index contributed by atoms with van der Waals surface area (Å²) in [5.74, 6) is 0.746. The fourth-order valence-corrected chi connectivity index (χ4v) is 1.59. The van der Waals surface area contributed by atoms with Gasteiger partial charge in [0.25, 0.3) is 0 Å². The molecule has 0 saturated heterocycles. The molecule has 0 aromatic carbocycles. The maximum absolute atomic E-state index is 5.69. The summed E-state index contributed by atoms with van der Waals surface area (Å²) in [5.41, 5.74) is 1.17. The Morgan fingerprint density at radius 1 is 1.43 bits per heavy atom. The van der Waals surface area contributed by atoms with Crippen molar-refractivity contribution in [3.63, 3.8) is 0 Å². The first-order chi connectivity index (χ1) is 6.78. The molecule has 0 radical (unpaired) electrons. The van der Waals surface area contributed by atoms with Crippen molar-refractivity contribution in [1.82, 2.24) is 10.3 Å². The molecule has 1 N–H and O–H groups in total. The van der Waals surface area contributed by atoms with Crippen molar-refractivity contribution in [2.24, 2.45) is 0 Å². The van der Waals surface area contributed by atoms with Crippen molar-refractivity contribution >= 4 is 0 Å². The number of aryl methyl sites for hydroxylation is 1. The monoisotopic (exact) mass is 192 g/mol. The van der Waals surface area contributed by atoms with Gasteiger partial charge in [-0.2, -0.15) is 0 Å². The van der Waals surface area contributed by atoms with Gasteiger partial charge in [0, 0.05) is 18.3 Å². The van der Waals surface area contributed by atoms with E-state index in [0.29, 0.717) is 12.1 Å². The Hall–Kier alpha value is -1.09. The zero-order valence-corrected chi connectivity index (χ0v) is 8.66. The average molecular weight is 192 g/mol. The Morgan fingerprint density at radius 2 is 2.21 bits per heavy atom. The summed E-state index contributed by atoms with van der Waals surface area (Å²) in [6, 6.07) is 4.59. The number of pyridine rings is 1. The van der Waals surface area contributed by atoms with E-state index in [4.69, 9.17) is 4.74 Å². The van der Waals surface area contributed by atoms with Gasteiger partial charge in [-0.15, -0.1) is 0 Å². The van der Waals surface area contributed by atoms with Crippen LogP contribution in [0.1, 0.15) is 18.4 Å². The molecule has 2 rings (SSSR count). The van der Waals surface area contributed by atoms with Gasteiger partial charge in [-0.3, -0.25) is 0 Å². The van der Waals surface area contributed by atoms with Crippen molar-refractivity contribution in [2.45, 2.75) is 31.9 Å². The Morgan fingerprint density at radius 3 is 2.79 bits per heavy atom. The Balaban J connectivity index is 1.84. The van der Waals surface area contributed by atoms with Crippen LogP contribution in [0, 0.1) is 6.92 Å². The van der Waals surface area contributed by atoms with Crippen LogP contribution >= 0.6 is 0 Å². The number of nitrogens with one attached hydrogen (secondary N) is 1. The molecule has 0 spiro atoms. The Labute approximate surface area is 84.5 Å². The normalized spacial score (nSPS) is 25.6. The molecule has 1 aromatic rings. The van der Waals surface area contributed by atoms with Gasteiger partial charge >= 0.3 is 0 Å². The van der Waals surface area contributed by atoms with E-state index in [1.165, 1.54) is 5.56 Å². The highest BCUT2D eigenvalue weighted by atomic mass is 16.5. The molecule has 14 heavy (non-hydrogen) atoms. The lowest BCUT2D eigenvalue weighted by atomic mass is 9.89. The van der Waals surface area contributed by atoms with Crippen molar-refractivity contribution in [1.29, 1.82) is 0 Å². The lowest BCUT2D eigenvalue weighted by molar-refractivity contribution is 0.0839. The number of ether oxygens (including phenoxy) is 1. The molecule has 1 aliphatic carbocycles. The Bertz CT molecular complexity index is 291. The van der Waals surface area contributed by atoms with Gasteiger partial charge in [0.2, 0.25) is 5.88 Å². The highest BCUT2D eigenvalue weighted by Crippen LogP contribution is 2.24. The third kappa shape index (κ3) is 2.04. The third-order valence-corrected chi connectivity index (χ3v) is 2.67. The van der Waals surface area contributed by atoms with E-state index >= 15 is 0 Å². The van der Waals surface area contributed by atoms with E-state index in [9.17, 15) is 0 Å². The molecule has 0 bridgehead atoms. The van der Waals surface area contributed by atoms with Crippen LogP contribution in [0.15, 0.2) is 18.3 Å². The molecule has 1 aromatic heterocycles. The molecular weight excluding hydrogens is 176 g/mol. The van der Waals surface area contributed by atoms with E-state index in [2.05, 4.69) is 10.3 Å². The molecule has 1 heterocycles. The lowest BCUT2D eigenvalue weighted by Gasteiger charge is -2.34. The summed E-state index contributed by atoms with van der Waals surface area (Å²) in [4.78, 5) is 4.21. The van der Waals surface area contributed by atoms with Crippen LogP contribution in [0.3, 0.4) is 0 Å². The highest BCUT2D eigenvalue weighted by molar-refractivity contribution is 5.16. The predicted octanol–water partition coefficient (Wildman–Crippen LogP) is 1.52. The van der Waals surface area contributed by atoms with Gasteiger partial charge in [0.15, 0.2) is 0 Å². The van der Waals surface area contributed by atoms with Gasteiger partial charge in [-0.05, 0) is 32.4 Å². The van der Waals surface area contributed by atoms with Crippen LogP contribution in [0.4, 0.5) is 0 Å². The number of hydrogen-bond donors (Lipinski definition) is 1. The largest absolute Gasteiger partial charge is 0.474 e. The van der Waals surface area contributed by atoms with Gasteiger partial charge < -0.3 is 10.1 Å². The molecular formula is C11H16N2O. The molecule has 1 aliphatic rings. The molecule has 76 valence electrons. The van der Waals surface area contributed by atoms with Crippen molar-refractivity contribution < 1.29 is 4.74 Å². The van der Waals surface area contributed by atoms with Gasteiger partial charge in [-0.1, -0.05) is 6.07 Å². The smallest absolute Gasteiger partial charge is 0.213 e. The summed E-state index contributed by atoms with van der Waals surface area (Å²) in [6.45, 7) is 2.02. The van der Waals surface area contributed by atoms with Gasteiger partial charge in [-0.25, -0.2) is 4.98 Å². The van der Waals surface area contributed by atoms with E-state index < -0.39 is 0 Å². The third-order valence-electron chi connectivity index (χ3n) is 2.67. The molecule has 0 unspecified atom stereocenters. The van der Waals surface area contributed by atoms with Crippen LogP contribution < -0.4 is 10.1 Å². The molecule has 0 atom stereocenters. The van der Waals surface area contributed by atoms with Crippen molar-refractivity contribution in [2.75, 3.05) is 7.05 Å². The molecule has 1 saturated carbocycles. The highest BCUT2D eigenvalue weighted by Gasteiger charge is 2.29. The van der Waals surface area contributed by atoms with Crippen LogP contribution in [0.25, 0.3) is 0 Å². The topological polar surface area (TPSA) is 34.1 Å². The number of nitrogens with zero attached hydrogens (tertiary/aromatic N) is 1. The van der Waals surface area contributed by atoms with Crippen molar-refractivity contribution in [3.8, 4) is 5.88 Å².